The first-order valence-electron chi connectivity index (χ1n) is 11.5. The summed E-state index contributed by atoms with van der Waals surface area (Å²) in [5.74, 6) is 0.0563. The lowest BCUT2D eigenvalue weighted by Gasteiger charge is -2.25. The number of halogens is 1. The number of carbonyl (C=O) groups excluding carboxylic acids is 1. The molecule has 0 aliphatic carbocycles. The van der Waals surface area contributed by atoms with Crippen LogP contribution < -0.4 is 19.6 Å². The first kappa shape index (κ1) is 25.9. The van der Waals surface area contributed by atoms with Crippen molar-refractivity contribution in [2.75, 3.05) is 13.7 Å². The summed E-state index contributed by atoms with van der Waals surface area (Å²) in [6.07, 6.45) is 1.61. The Kier molecular flexibility index (Phi) is 7.51. The smallest absolute Gasteiger partial charge is 0.338 e. The van der Waals surface area contributed by atoms with Crippen LogP contribution in [0.5, 0.6) is 11.5 Å². The summed E-state index contributed by atoms with van der Waals surface area (Å²) < 4.78 is 13.2. The molecular weight excluding hydrogens is 544 g/mol. The van der Waals surface area contributed by atoms with E-state index in [0.29, 0.717) is 36.6 Å². The van der Waals surface area contributed by atoms with Gasteiger partial charge in [-0.2, -0.15) is 0 Å². The van der Waals surface area contributed by atoms with E-state index < -0.39 is 12.0 Å². The standard InChI is InChI=1S/C27H27BrN2O5S/c1-6-35-26(33)22-15(4)29-27-30(23(22)17-9-7-16(8-10-17)14(2)3)25(32)21(36-27)12-18-11-19(28)13-20(34-5)24(18)31/h7-14,23,31H,6H2,1-5H3/b21-12-/t23-/m0/s1. The van der Waals surface area contributed by atoms with Gasteiger partial charge in [-0.1, -0.05) is 65.4 Å². The summed E-state index contributed by atoms with van der Waals surface area (Å²) in [7, 11) is 1.46. The van der Waals surface area contributed by atoms with E-state index in [1.54, 1.807) is 32.1 Å². The molecule has 0 unspecified atom stereocenters. The SMILES string of the molecule is CCOC(=O)C1=C(C)N=c2s/c(=C\c3cc(Br)cc(OC)c3O)c(=O)n2[C@H]1c1ccc(C(C)C)cc1. The first-order valence-corrected chi connectivity index (χ1v) is 13.1. The molecule has 1 N–H and O–H groups in total. The van der Waals surface area contributed by atoms with E-state index in [0.717, 1.165) is 11.1 Å². The van der Waals surface area contributed by atoms with Crippen LogP contribution >= 0.6 is 27.3 Å². The highest BCUT2D eigenvalue weighted by molar-refractivity contribution is 9.10. The van der Waals surface area contributed by atoms with Crippen LogP contribution in [0.1, 0.15) is 56.3 Å². The molecule has 4 rings (SSSR count). The quantitative estimate of drug-likeness (QED) is 0.444. The highest BCUT2D eigenvalue weighted by Crippen LogP contribution is 2.34. The molecule has 7 nitrogen and oxygen atoms in total. The largest absolute Gasteiger partial charge is 0.504 e. The van der Waals surface area contributed by atoms with Gasteiger partial charge >= 0.3 is 5.97 Å². The van der Waals surface area contributed by atoms with Gasteiger partial charge in [0.2, 0.25) is 0 Å². The van der Waals surface area contributed by atoms with Crippen molar-refractivity contribution in [2.24, 2.45) is 4.99 Å². The Bertz CT molecular complexity index is 1530. The van der Waals surface area contributed by atoms with Crippen molar-refractivity contribution < 1.29 is 19.4 Å². The number of rotatable bonds is 6. The van der Waals surface area contributed by atoms with Gasteiger partial charge in [0.25, 0.3) is 5.56 Å². The van der Waals surface area contributed by atoms with Gasteiger partial charge in [0.1, 0.15) is 0 Å². The average Bonchev–Trinajstić information content (AvgIpc) is 3.14. The van der Waals surface area contributed by atoms with Crippen molar-refractivity contribution in [3.05, 3.63) is 88.5 Å². The summed E-state index contributed by atoms with van der Waals surface area (Å²) in [6.45, 7) is 7.93. The molecule has 1 aromatic heterocycles. The van der Waals surface area contributed by atoms with Crippen LogP contribution in [0.15, 0.2) is 61.9 Å². The van der Waals surface area contributed by atoms with Crippen molar-refractivity contribution in [2.45, 2.75) is 39.7 Å². The minimum atomic E-state index is -0.686. The fourth-order valence-electron chi connectivity index (χ4n) is 4.17. The van der Waals surface area contributed by atoms with E-state index >= 15 is 0 Å². The van der Waals surface area contributed by atoms with Gasteiger partial charge in [-0.3, -0.25) is 9.36 Å². The number of phenolic OH excluding ortho intramolecular Hbond substituents is 1. The Morgan fingerprint density at radius 3 is 2.58 bits per heavy atom. The number of esters is 1. The molecule has 2 heterocycles. The fourth-order valence-corrected chi connectivity index (χ4v) is 5.66. The number of hydrogen-bond acceptors (Lipinski definition) is 7. The number of aromatic nitrogens is 1. The normalized spacial score (nSPS) is 15.6. The molecule has 0 saturated carbocycles. The van der Waals surface area contributed by atoms with Gasteiger partial charge in [0.05, 0.1) is 35.6 Å². The van der Waals surface area contributed by atoms with Crippen LogP contribution in [-0.4, -0.2) is 29.4 Å². The molecule has 188 valence electrons. The van der Waals surface area contributed by atoms with Gasteiger partial charge in [-0.15, -0.1) is 0 Å². The predicted molar refractivity (Wildman–Crippen MR) is 143 cm³/mol. The van der Waals surface area contributed by atoms with Gasteiger partial charge in [-0.05, 0) is 49.1 Å². The lowest BCUT2D eigenvalue weighted by molar-refractivity contribution is -0.139. The Morgan fingerprint density at radius 2 is 1.97 bits per heavy atom. The number of hydrogen-bond donors (Lipinski definition) is 1. The highest BCUT2D eigenvalue weighted by Gasteiger charge is 2.33. The maximum Gasteiger partial charge on any atom is 0.338 e. The Morgan fingerprint density at radius 1 is 1.28 bits per heavy atom. The van der Waals surface area contributed by atoms with E-state index in [4.69, 9.17) is 9.47 Å². The third-order valence-electron chi connectivity index (χ3n) is 6.01. The molecule has 1 atom stereocenters. The zero-order valence-electron chi connectivity index (χ0n) is 20.7. The van der Waals surface area contributed by atoms with E-state index in [2.05, 4.69) is 34.8 Å². The van der Waals surface area contributed by atoms with Crippen molar-refractivity contribution in [1.29, 1.82) is 0 Å². The number of benzene rings is 2. The molecule has 0 saturated heterocycles. The van der Waals surface area contributed by atoms with E-state index in [9.17, 15) is 14.7 Å². The van der Waals surface area contributed by atoms with Crippen molar-refractivity contribution in [3.63, 3.8) is 0 Å². The predicted octanol–water partition coefficient (Wildman–Crippen LogP) is 4.40. The number of phenols is 1. The van der Waals surface area contributed by atoms with Gasteiger partial charge in [-0.25, -0.2) is 9.79 Å². The van der Waals surface area contributed by atoms with Gasteiger partial charge in [0, 0.05) is 10.0 Å². The molecule has 1 aliphatic rings. The molecule has 3 aromatic rings. The number of fused-ring (bicyclic) bond motifs is 1. The van der Waals surface area contributed by atoms with Crippen molar-refractivity contribution >= 4 is 39.3 Å². The van der Waals surface area contributed by atoms with E-state index in [-0.39, 0.29) is 23.7 Å². The van der Waals surface area contributed by atoms with Crippen LogP contribution in [0, 0.1) is 0 Å². The molecule has 0 amide bonds. The average molecular weight is 571 g/mol. The molecule has 9 heteroatoms. The Hall–Kier alpha value is -3.17. The van der Waals surface area contributed by atoms with Gasteiger partial charge in [0.15, 0.2) is 16.3 Å². The third-order valence-corrected chi connectivity index (χ3v) is 7.45. The topological polar surface area (TPSA) is 90.1 Å². The van der Waals surface area contributed by atoms with Crippen LogP contribution in [0.2, 0.25) is 0 Å². The van der Waals surface area contributed by atoms with E-state index in [1.165, 1.54) is 23.0 Å². The maximum atomic E-state index is 13.7. The molecule has 0 radical (unpaired) electrons. The van der Waals surface area contributed by atoms with E-state index in [1.807, 2.05) is 24.3 Å². The molecule has 0 fully saturated rings. The van der Waals surface area contributed by atoms with Crippen LogP contribution in [-0.2, 0) is 9.53 Å². The summed E-state index contributed by atoms with van der Waals surface area (Å²) >= 11 is 4.61. The number of methoxy groups -OCH3 is 1. The monoisotopic (exact) mass is 570 g/mol. The molecule has 2 aromatic carbocycles. The third kappa shape index (κ3) is 4.77. The number of thiazole rings is 1. The summed E-state index contributed by atoms with van der Waals surface area (Å²) in [6, 6.07) is 10.6. The first-order chi connectivity index (χ1) is 17.2. The Balaban J connectivity index is 1.96. The second-order valence-corrected chi connectivity index (χ2v) is 10.6. The number of nitrogens with zero attached hydrogens (tertiary/aromatic N) is 2. The second-order valence-electron chi connectivity index (χ2n) is 8.67. The van der Waals surface area contributed by atoms with Gasteiger partial charge < -0.3 is 14.6 Å². The number of aromatic hydroxyl groups is 1. The lowest BCUT2D eigenvalue weighted by Crippen LogP contribution is -2.39. The lowest BCUT2D eigenvalue weighted by atomic mass is 9.93. The maximum absolute atomic E-state index is 13.7. The number of allylic oxidation sites excluding steroid dienone is 1. The van der Waals surface area contributed by atoms with Crippen molar-refractivity contribution in [1.82, 2.24) is 4.57 Å². The molecule has 0 bridgehead atoms. The second kappa shape index (κ2) is 10.4. The molecule has 1 aliphatic heterocycles. The summed E-state index contributed by atoms with van der Waals surface area (Å²) in [5, 5.41) is 10.6. The summed E-state index contributed by atoms with van der Waals surface area (Å²) in [5.41, 5.74) is 2.89. The van der Waals surface area contributed by atoms with Crippen LogP contribution in [0.3, 0.4) is 0 Å². The highest BCUT2D eigenvalue weighted by atomic mass is 79.9. The number of carbonyl (C=O) groups is 1. The fraction of sp³-hybridized carbons (Fsp3) is 0.296. The molecule has 0 spiro atoms. The number of ether oxygens (including phenoxy) is 2. The zero-order chi connectivity index (χ0) is 26.1. The summed E-state index contributed by atoms with van der Waals surface area (Å²) in [4.78, 5) is 31.8. The molecular formula is C27H27BrN2O5S. The Labute approximate surface area is 221 Å². The zero-order valence-corrected chi connectivity index (χ0v) is 23.1. The van der Waals surface area contributed by atoms with Crippen LogP contribution in [0.25, 0.3) is 6.08 Å². The minimum Gasteiger partial charge on any atom is -0.504 e. The van der Waals surface area contributed by atoms with Crippen LogP contribution in [0.4, 0.5) is 0 Å². The molecule has 36 heavy (non-hydrogen) atoms. The minimum absolute atomic E-state index is 0.0734. The van der Waals surface area contributed by atoms with Crippen molar-refractivity contribution in [3.8, 4) is 11.5 Å².